The largest absolute Gasteiger partial charge is 0.360 e. The van der Waals surface area contributed by atoms with Gasteiger partial charge in [-0.1, -0.05) is 30.3 Å². The number of guanidine groups is 1. The molecule has 1 amide bonds. The van der Waals surface area contributed by atoms with Gasteiger partial charge in [0.05, 0.1) is 17.9 Å². The van der Waals surface area contributed by atoms with Gasteiger partial charge in [0.1, 0.15) is 0 Å². The molecule has 1 aliphatic rings. The minimum Gasteiger partial charge on any atom is -0.360 e. The van der Waals surface area contributed by atoms with Gasteiger partial charge in [0, 0.05) is 44.6 Å². The SMILES string of the molecule is CN=C(NCc1ccc(N2CCNC(=O)C2)cc1)NCc1ccccc1-n1nc(C)cc1C.I. The first-order valence-electron chi connectivity index (χ1n) is 11.2. The van der Waals surface area contributed by atoms with Crippen molar-refractivity contribution in [3.05, 3.63) is 77.1 Å². The Kier molecular flexibility index (Phi) is 8.91. The number of piperazine rings is 1. The highest BCUT2D eigenvalue weighted by Crippen LogP contribution is 2.18. The molecule has 3 N–H and O–H groups in total. The summed E-state index contributed by atoms with van der Waals surface area (Å²) in [6.07, 6.45) is 0. The van der Waals surface area contributed by atoms with Crippen molar-refractivity contribution in [3.8, 4) is 5.69 Å². The maximum absolute atomic E-state index is 11.6. The molecular weight excluding hydrogens is 541 g/mol. The summed E-state index contributed by atoms with van der Waals surface area (Å²) in [6, 6.07) is 18.6. The average molecular weight is 573 g/mol. The van der Waals surface area contributed by atoms with Crippen molar-refractivity contribution in [2.75, 3.05) is 31.6 Å². The zero-order valence-electron chi connectivity index (χ0n) is 19.8. The predicted molar refractivity (Wildman–Crippen MR) is 147 cm³/mol. The molecule has 180 valence electrons. The molecule has 2 heterocycles. The van der Waals surface area contributed by atoms with Crippen LogP contribution in [0.15, 0.2) is 59.6 Å². The van der Waals surface area contributed by atoms with E-state index in [0.29, 0.717) is 26.2 Å². The standard InChI is InChI=1S/C25H31N7O.HI/c1-18-14-19(2)32(30-18)23-7-5-4-6-21(23)16-29-25(26-3)28-15-20-8-10-22(11-9-20)31-13-12-27-24(33)17-31;/h4-11,14H,12-13,15-17H2,1-3H3,(H,27,33)(H2,26,28,29);1H. The van der Waals surface area contributed by atoms with Crippen molar-refractivity contribution in [1.82, 2.24) is 25.7 Å². The second kappa shape index (κ2) is 11.9. The Bertz CT molecular complexity index is 1140. The lowest BCUT2D eigenvalue weighted by Crippen LogP contribution is -2.47. The molecule has 34 heavy (non-hydrogen) atoms. The minimum absolute atomic E-state index is 0. The fourth-order valence-electron chi connectivity index (χ4n) is 4.01. The molecule has 1 aromatic heterocycles. The molecule has 1 fully saturated rings. The van der Waals surface area contributed by atoms with Crippen LogP contribution in [0.3, 0.4) is 0 Å². The smallest absolute Gasteiger partial charge is 0.239 e. The Morgan fingerprint density at radius 2 is 1.82 bits per heavy atom. The topological polar surface area (TPSA) is 86.6 Å². The lowest BCUT2D eigenvalue weighted by Gasteiger charge is -2.28. The molecule has 9 heteroatoms. The Balaban J connectivity index is 0.00000324. The number of hydrogen-bond donors (Lipinski definition) is 3. The van der Waals surface area contributed by atoms with Crippen molar-refractivity contribution >= 4 is 41.5 Å². The zero-order chi connectivity index (χ0) is 23.2. The quantitative estimate of drug-likeness (QED) is 0.240. The van der Waals surface area contributed by atoms with Crippen molar-refractivity contribution in [2.24, 2.45) is 4.99 Å². The first-order valence-corrected chi connectivity index (χ1v) is 11.2. The van der Waals surface area contributed by atoms with E-state index in [2.05, 4.69) is 80.3 Å². The van der Waals surface area contributed by atoms with Gasteiger partial charge in [-0.2, -0.15) is 5.10 Å². The number of aromatic nitrogens is 2. The van der Waals surface area contributed by atoms with Gasteiger partial charge in [-0.25, -0.2) is 4.68 Å². The highest BCUT2D eigenvalue weighted by molar-refractivity contribution is 14.0. The molecular formula is C25H32IN7O. The Morgan fingerprint density at radius 3 is 2.50 bits per heavy atom. The molecule has 0 saturated carbocycles. The van der Waals surface area contributed by atoms with Gasteiger partial charge in [0.25, 0.3) is 0 Å². The highest BCUT2D eigenvalue weighted by Gasteiger charge is 2.16. The van der Waals surface area contributed by atoms with E-state index in [1.165, 1.54) is 0 Å². The Labute approximate surface area is 217 Å². The molecule has 0 spiro atoms. The van der Waals surface area contributed by atoms with Crippen LogP contribution in [0.1, 0.15) is 22.5 Å². The third kappa shape index (κ3) is 6.28. The van der Waals surface area contributed by atoms with Crippen molar-refractivity contribution in [2.45, 2.75) is 26.9 Å². The van der Waals surface area contributed by atoms with Gasteiger partial charge in [-0.3, -0.25) is 9.79 Å². The van der Waals surface area contributed by atoms with E-state index in [1.807, 2.05) is 23.7 Å². The summed E-state index contributed by atoms with van der Waals surface area (Å²) in [6.45, 7) is 7.28. The van der Waals surface area contributed by atoms with Crippen LogP contribution in [0.25, 0.3) is 5.69 Å². The third-order valence-corrected chi connectivity index (χ3v) is 5.70. The van der Waals surface area contributed by atoms with E-state index in [0.717, 1.165) is 46.4 Å². The Morgan fingerprint density at radius 1 is 1.09 bits per heavy atom. The maximum Gasteiger partial charge on any atom is 0.239 e. The average Bonchev–Trinajstić information content (AvgIpc) is 3.17. The summed E-state index contributed by atoms with van der Waals surface area (Å²) in [5.74, 6) is 0.802. The predicted octanol–water partition coefficient (Wildman–Crippen LogP) is 2.91. The van der Waals surface area contributed by atoms with Crippen LogP contribution in [0.2, 0.25) is 0 Å². The number of halogens is 1. The molecule has 8 nitrogen and oxygen atoms in total. The van der Waals surface area contributed by atoms with Gasteiger partial charge >= 0.3 is 0 Å². The number of para-hydroxylation sites is 1. The van der Waals surface area contributed by atoms with Gasteiger partial charge in [0.2, 0.25) is 5.91 Å². The van der Waals surface area contributed by atoms with Crippen LogP contribution in [0.5, 0.6) is 0 Å². The fourth-order valence-corrected chi connectivity index (χ4v) is 4.01. The van der Waals surface area contributed by atoms with Crippen LogP contribution >= 0.6 is 24.0 Å². The normalized spacial score (nSPS) is 13.8. The number of aryl methyl sites for hydroxylation is 2. The maximum atomic E-state index is 11.6. The molecule has 2 aromatic carbocycles. The lowest BCUT2D eigenvalue weighted by atomic mass is 10.1. The first kappa shape index (κ1) is 25.5. The van der Waals surface area contributed by atoms with Crippen LogP contribution in [0, 0.1) is 13.8 Å². The summed E-state index contributed by atoms with van der Waals surface area (Å²) in [4.78, 5) is 18.1. The molecule has 1 aliphatic heterocycles. The summed E-state index contributed by atoms with van der Waals surface area (Å²) in [7, 11) is 1.77. The fraction of sp³-hybridized carbons (Fsp3) is 0.320. The van der Waals surface area contributed by atoms with Gasteiger partial charge in [-0.05, 0) is 49.2 Å². The van der Waals surface area contributed by atoms with Crippen LogP contribution in [-0.4, -0.2) is 48.3 Å². The van der Waals surface area contributed by atoms with E-state index in [9.17, 15) is 4.79 Å². The molecule has 0 radical (unpaired) electrons. The lowest BCUT2D eigenvalue weighted by molar-refractivity contribution is -0.120. The number of anilines is 1. The minimum atomic E-state index is 0. The number of rotatable bonds is 6. The molecule has 0 bridgehead atoms. The second-order valence-corrected chi connectivity index (χ2v) is 8.18. The van der Waals surface area contributed by atoms with Crippen molar-refractivity contribution in [3.63, 3.8) is 0 Å². The number of amides is 1. The summed E-state index contributed by atoms with van der Waals surface area (Å²) in [5.41, 5.74) is 6.52. The van der Waals surface area contributed by atoms with Gasteiger partial charge < -0.3 is 20.9 Å². The second-order valence-electron chi connectivity index (χ2n) is 8.18. The van der Waals surface area contributed by atoms with Crippen LogP contribution in [0.4, 0.5) is 5.69 Å². The number of hydrogen-bond acceptors (Lipinski definition) is 4. The molecule has 0 unspecified atom stereocenters. The molecule has 1 saturated heterocycles. The third-order valence-electron chi connectivity index (χ3n) is 5.70. The first-order chi connectivity index (χ1) is 16.0. The van der Waals surface area contributed by atoms with E-state index < -0.39 is 0 Å². The number of nitrogens with one attached hydrogen (secondary N) is 3. The molecule has 3 aromatic rings. The number of carbonyl (C=O) groups is 1. The van der Waals surface area contributed by atoms with Gasteiger partial charge in [-0.15, -0.1) is 24.0 Å². The summed E-state index contributed by atoms with van der Waals surface area (Å²) in [5, 5.41) is 14.3. The number of aliphatic imine (C=N–C) groups is 1. The van der Waals surface area contributed by atoms with Crippen molar-refractivity contribution in [1.29, 1.82) is 0 Å². The van der Waals surface area contributed by atoms with Crippen molar-refractivity contribution < 1.29 is 4.79 Å². The van der Waals surface area contributed by atoms with E-state index >= 15 is 0 Å². The Hall–Kier alpha value is -3.08. The number of nitrogens with zero attached hydrogens (tertiary/aromatic N) is 4. The highest BCUT2D eigenvalue weighted by atomic mass is 127. The zero-order valence-corrected chi connectivity index (χ0v) is 22.2. The number of benzene rings is 2. The molecule has 4 rings (SSSR count). The van der Waals surface area contributed by atoms with E-state index in [1.54, 1.807) is 7.05 Å². The van der Waals surface area contributed by atoms with Crippen LogP contribution < -0.4 is 20.9 Å². The summed E-state index contributed by atoms with van der Waals surface area (Å²) >= 11 is 0. The summed E-state index contributed by atoms with van der Waals surface area (Å²) < 4.78 is 1.98. The van der Waals surface area contributed by atoms with Gasteiger partial charge in [0.15, 0.2) is 5.96 Å². The molecule has 0 aliphatic carbocycles. The monoisotopic (exact) mass is 573 g/mol. The molecule has 0 atom stereocenters. The van der Waals surface area contributed by atoms with E-state index in [-0.39, 0.29) is 29.9 Å². The van der Waals surface area contributed by atoms with E-state index in [4.69, 9.17) is 0 Å². The number of carbonyl (C=O) groups excluding carboxylic acids is 1. The van der Waals surface area contributed by atoms with Crippen LogP contribution in [-0.2, 0) is 17.9 Å².